The number of imidazole rings is 1. The fraction of sp³-hybridized carbons (Fsp3) is 0.600. The molecule has 1 heterocycles. The molecule has 0 aromatic carbocycles. The van der Waals surface area contributed by atoms with Gasteiger partial charge in [0.15, 0.2) is 0 Å². The van der Waals surface area contributed by atoms with E-state index in [9.17, 15) is 4.79 Å². The molecule has 1 amide bonds. The number of carbonyl (C=O) groups excluding carboxylic acids is 1. The van der Waals surface area contributed by atoms with E-state index in [0.29, 0.717) is 6.54 Å². The normalized spacial score (nSPS) is 12.4. The van der Waals surface area contributed by atoms with Crippen LogP contribution in [-0.4, -0.2) is 15.9 Å². The maximum atomic E-state index is 11.5. The smallest absolute Gasteiger partial charge is 0.223 e. The molecule has 0 bridgehead atoms. The van der Waals surface area contributed by atoms with E-state index in [1.54, 1.807) is 12.5 Å². The molecule has 0 fully saturated rings. The number of hydrogen-bond acceptors (Lipinski definition) is 2. The first kappa shape index (κ1) is 10.8. The van der Waals surface area contributed by atoms with Crippen molar-refractivity contribution in [2.75, 3.05) is 0 Å². The summed E-state index contributed by atoms with van der Waals surface area (Å²) in [6, 6.07) is 0. The minimum atomic E-state index is 0.0999. The summed E-state index contributed by atoms with van der Waals surface area (Å²) in [5, 5.41) is 2.86. The summed E-state index contributed by atoms with van der Waals surface area (Å²) in [5.41, 5.74) is 0.932. The van der Waals surface area contributed by atoms with Crippen LogP contribution in [0.15, 0.2) is 12.5 Å². The highest BCUT2D eigenvalue weighted by molar-refractivity contribution is 5.78. The summed E-state index contributed by atoms with van der Waals surface area (Å²) in [7, 11) is 0. The van der Waals surface area contributed by atoms with Crippen molar-refractivity contribution in [3.05, 3.63) is 18.2 Å². The van der Waals surface area contributed by atoms with Gasteiger partial charge >= 0.3 is 0 Å². The Kier molecular flexibility index (Phi) is 4.16. The van der Waals surface area contributed by atoms with Crippen molar-refractivity contribution in [3.63, 3.8) is 0 Å². The monoisotopic (exact) mass is 195 g/mol. The lowest BCUT2D eigenvalue weighted by molar-refractivity contribution is -0.124. The van der Waals surface area contributed by atoms with Gasteiger partial charge in [-0.3, -0.25) is 4.79 Å². The third kappa shape index (κ3) is 3.20. The molecule has 1 aromatic heterocycles. The van der Waals surface area contributed by atoms with Crippen LogP contribution in [0.3, 0.4) is 0 Å². The van der Waals surface area contributed by atoms with Crippen LogP contribution in [0.25, 0.3) is 0 Å². The number of nitrogens with zero attached hydrogens (tertiary/aromatic N) is 1. The number of aromatic amines is 1. The lowest BCUT2D eigenvalue weighted by atomic mass is 10.1. The molecule has 2 N–H and O–H groups in total. The van der Waals surface area contributed by atoms with Gasteiger partial charge in [0.25, 0.3) is 0 Å². The van der Waals surface area contributed by atoms with Crippen molar-refractivity contribution in [1.82, 2.24) is 15.3 Å². The van der Waals surface area contributed by atoms with Gasteiger partial charge in [-0.05, 0) is 6.42 Å². The Labute approximate surface area is 84.1 Å². The average molecular weight is 195 g/mol. The van der Waals surface area contributed by atoms with Gasteiger partial charge < -0.3 is 10.3 Å². The largest absolute Gasteiger partial charge is 0.350 e. The standard InChI is InChI=1S/C10H17N3O/c1-3-4-8(2)10(14)12-6-9-5-11-7-13-9/h5,7-8H,3-4,6H2,1-2H3,(H,11,13)(H,12,14). The Morgan fingerprint density at radius 1 is 1.71 bits per heavy atom. The van der Waals surface area contributed by atoms with Crippen LogP contribution in [0.2, 0.25) is 0 Å². The molecule has 0 radical (unpaired) electrons. The van der Waals surface area contributed by atoms with Gasteiger partial charge in [-0.25, -0.2) is 4.98 Å². The molecule has 0 aliphatic rings. The lowest BCUT2D eigenvalue weighted by Gasteiger charge is -2.09. The fourth-order valence-corrected chi connectivity index (χ4v) is 1.30. The second kappa shape index (κ2) is 5.42. The minimum Gasteiger partial charge on any atom is -0.350 e. The number of hydrogen-bond donors (Lipinski definition) is 2. The van der Waals surface area contributed by atoms with Crippen LogP contribution in [0.4, 0.5) is 0 Å². The summed E-state index contributed by atoms with van der Waals surface area (Å²) in [6.07, 6.45) is 5.30. The summed E-state index contributed by atoms with van der Waals surface area (Å²) < 4.78 is 0. The zero-order chi connectivity index (χ0) is 10.4. The predicted molar refractivity (Wildman–Crippen MR) is 54.5 cm³/mol. The Hall–Kier alpha value is -1.32. The van der Waals surface area contributed by atoms with Gasteiger partial charge in [0.05, 0.1) is 18.6 Å². The number of carbonyl (C=O) groups is 1. The Balaban J connectivity index is 2.27. The third-order valence-corrected chi connectivity index (χ3v) is 2.18. The molecule has 0 aliphatic carbocycles. The zero-order valence-corrected chi connectivity index (χ0v) is 8.71. The van der Waals surface area contributed by atoms with E-state index in [0.717, 1.165) is 18.5 Å². The van der Waals surface area contributed by atoms with Crippen LogP contribution in [0, 0.1) is 5.92 Å². The SMILES string of the molecule is CCCC(C)C(=O)NCc1cnc[nH]1. The molecular formula is C10H17N3O. The molecule has 0 aliphatic heterocycles. The second-order valence-corrected chi connectivity index (χ2v) is 3.48. The maximum Gasteiger partial charge on any atom is 0.223 e. The van der Waals surface area contributed by atoms with Crippen molar-refractivity contribution in [3.8, 4) is 0 Å². The molecule has 4 nitrogen and oxygen atoms in total. The zero-order valence-electron chi connectivity index (χ0n) is 8.71. The first-order valence-electron chi connectivity index (χ1n) is 4.99. The van der Waals surface area contributed by atoms with E-state index in [1.165, 1.54) is 0 Å². The molecule has 0 saturated heterocycles. The van der Waals surface area contributed by atoms with E-state index < -0.39 is 0 Å². The average Bonchev–Trinajstić information content (AvgIpc) is 2.67. The maximum absolute atomic E-state index is 11.5. The number of H-pyrrole nitrogens is 1. The molecule has 1 unspecified atom stereocenters. The van der Waals surface area contributed by atoms with Crippen LogP contribution in [0.1, 0.15) is 32.4 Å². The van der Waals surface area contributed by atoms with Crippen LogP contribution < -0.4 is 5.32 Å². The molecular weight excluding hydrogens is 178 g/mol. The third-order valence-electron chi connectivity index (χ3n) is 2.18. The summed E-state index contributed by atoms with van der Waals surface area (Å²) >= 11 is 0. The topological polar surface area (TPSA) is 57.8 Å². The van der Waals surface area contributed by atoms with Crippen LogP contribution >= 0.6 is 0 Å². The van der Waals surface area contributed by atoms with Gasteiger partial charge in [-0.15, -0.1) is 0 Å². The molecule has 0 spiro atoms. The van der Waals surface area contributed by atoms with Gasteiger partial charge in [0.1, 0.15) is 0 Å². The number of aromatic nitrogens is 2. The van der Waals surface area contributed by atoms with E-state index in [-0.39, 0.29) is 11.8 Å². The highest BCUT2D eigenvalue weighted by atomic mass is 16.1. The molecule has 14 heavy (non-hydrogen) atoms. The molecule has 1 rings (SSSR count). The molecule has 78 valence electrons. The van der Waals surface area contributed by atoms with Gasteiger partial charge in [-0.1, -0.05) is 20.3 Å². The van der Waals surface area contributed by atoms with Crippen molar-refractivity contribution in [2.45, 2.75) is 33.2 Å². The quantitative estimate of drug-likeness (QED) is 0.747. The van der Waals surface area contributed by atoms with Gasteiger partial charge in [0, 0.05) is 12.1 Å². The first-order chi connectivity index (χ1) is 6.74. The highest BCUT2D eigenvalue weighted by Crippen LogP contribution is 2.04. The van der Waals surface area contributed by atoms with E-state index in [2.05, 4.69) is 22.2 Å². The van der Waals surface area contributed by atoms with Gasteiger partial charge in [0.2, 0.25) is 5.91 Å². The van der Waals surface area contributed by atoms with Gasteiger partial charge in [-0.2, -0.15) is 0 Å². The van der Waals surface area contributed by atoms with E-state index in [1.807, 2.05) is 6.92 Å². The highest BCUT2D eigenvalue weighted by Gasteiger charge is 2.10. The van der Waals surface area contributed by atoms with Crippen molar-refractivity contribution < 1.29 is 4.79 Å². The first-order valence-corrected chi connectivity index (χ1v) is 4.99. The number of rotatable bonds is 5. The fourth-order valence-electron chi connectivity index (χ4n) is 1.30. The Bertz CT molecular complexity index is 269. The predicted octanol–water partition coefficient (Wildman–Crippen LogP) is 1.46. The molecule has 4 heteroatoms. The minimum absolute atomic E-state index is 0.0999. The van der Waals surface area contributed by atoms with Crippen molar-refractivity contribution >= 4 is 5.91 Å². The second-order valence-electron chi connectivity index (χ2n) is 3.48. The summed E-state index contributed by atoms with van der Waals surface area (Å²) in [6.45, 7) is 4.57. The number of amides is 1. The molecule has 0 saturated carbocycles. The van der Waals surface area contributed by atoms with E-state index >= 15 is 0 Å². The van der Waals surface area contributed by atoms with Crippen molar-refractivity contribution in [1.29, 1.82) is 0 Å². The summed E-state index contributed by atoms with van der Waals surface area (Å²) in [5.74, 6) is 0.212. The number of nitrogens with one attached hydrogen (secondary N) is 2. The lowest BCUT2D eigenvalue weighted by Crippen LogP contribution is -2.28. The molecule has 1 aromatic rings. The van der Waals surface area contributed by atoms with Crippen LogP contribution in [-0.2, 0) is 11.3 Å². The molecule has 1 atom stereocenters. The van der Waals surface area contributed by atoms with Crippen LogP contribution in [0.5, 0.6) is 0 Å². The Morgan fingerprint density at radius 2 is 2.50 bits per heavy atom. The van der Waals surface area contributed by atoms with Crippen molar-refractivity contribution in [2.24, 2.45) is 5.92 Å². The summed E-state index contributed by atoms with van der Waals surface area (Å²) in [4.78, 5) is 18.3. The van der Waals surface area contributed by atoms with E-state index in [4.69, 9.17) is 0 Å². The Morgan fingerprint density at radius 3 is 3.07 bits per heavy atom.